The zero-order chi connectivity index (χ0) is 7.61. The summed E-state index contributed by atoms with van der Waals surface area (Å²) in [5, 5.41) is 0. The molecule has 4 nitrogen and oxygen atoms in total. The first-order valence-electron chi connectivity index (χ1n) is 2.53. The van der Waals surface area contributed by atoms with Gasteiger partial charge in [0.25, 0.3) is 0 Å². The third kappa shape index (κ3) is 4.18. The molecule has 2 radical (unpaired) electrons. The SMILES string of the molecule is O.O=S(=O)([O-])C1=CC=C=C[CH]1.[Hg+]. The fraction of sp³-hybridized carbons (Fsp3) is 0. The standard InChI is InChI=1S/C6H5O3S.Hg.H2O/c7-10(8,9)6-4-2-1-3-5-6;;/h2-5H,(H,7,8,9);;1H2/q;+1;/p-1. The Morgan fingerprint density at radius 2 is 1.92 bits per heavy atom. The van der Waals surface area contributed by atoms with Crippen molar-refractivity contribution in [2.75, 3.05) is 0 Å². The van der Waals surface area contributed by atoms with E-state index in [0.717, 1.165) is 0 Å². The second kappa shape index (κ2) is 5.67. The van der Waals surface area contributed by atoms with Crippen molar-refractivity contribution in [3.63, 3.8) is 0 Å². The molecule has 0 bridgehead atoms. The molecule has 6 heteroatoms. The maximum absolute atomic E-state index is 10.3. The van der Waals surface area contributed by atoms with Crippen LogP contribution in [0.15, 0.2) is 28.9 Å². The first-order valence-corrected chi connectivity index (χ1v) is 3.93. The molecule has 2 N–H and O–H groups in total. The average molecular weight is 375 g/mol. The molecular weight excluding hydrogens is 369 g/mol. The zero-order valence-electron chi connectivity index (χ0n) is 6.15. The van der Waals surface area contributed by atoms with Crippen LogP contribution in [0.25, 0.3) is 0 Å². The fourth-order valence-electron chi connectivity index (χ4n) is 0.538. The minimum atomic E-state index is -4.27. The van der Waals surface area contributed by atoms with Crippen molar-refractivity contribution in [3.05, 3.63) is 35.3 Å². The van der Waals surface area contributed by atoms with Crippen LogP contribution < -0.4 is 0 Å². The Hall–Kier alpha value is 0.0651. The maximum atomic E-state index is 10.3. The molecule has 0 spiro atoms. The van der Waals surface area contributed by atoms with Gasteiger partial charge in [0.05, 0.1) is 0 Å². The predicted molar refractivity (Wildman–Crippen MR) is 38.3 cm³/mol. The molecule has 0 saturated heterocycles. The van der Waals surface area contributed by atoms with Gasteiger partial charge in [-0.05, 0) is 18.2 Å². The molecule has 0 aromatic heterocycles. The van der Waals surface area contributed by atoms with Crippen molar-refractivity contribution in [1.29, 1.82) is 0 Å². The normalized spacial score (nSPS) is 14.2. The van der Waals surface area contributed by atoms with Gasteiger partial charge in [-0.25, -0.2) is 8.42 Å². The Balaban J connectivity index is 0. The fourth-order valence-corrected chi connectivity index (χ4v) is 1.01. The molecular formula is C6H6HgO4S. The third-order valence-electron chi connectivity index (χ3n) is 0.976. The van der Waals surface area contributed by atoms with Gasteiger partial charge in [0.15, 0.2) is 0 Å². The number of hydrogen-bond acceptors (Lipinski definition) is 3. The van der Waals surface area contributed by atoms with Crippen LogP contribution in [0.3, 0.4) is 0 Å². The van der Waals surface area contributed by atoms with E-state index in [1.807, 2.05) is 0 Å². The second-order valence-electron chi connectivity index (χ2n) is 1.69. The summed E-state index contributed by atoms with van der Waals surface area (Å²) in [6, 6.07) is 0. The Bertz CT molecular complexity index is 321. The molecule has 0 fully saturated rings. The Morgan fingerprint density at radius 3 is 2.17 bits per heavy atom. The Morgan fingerprint density at radius 1 is 1.33 bits per heavy atom. The molecule has 0 heterocycles. The topological polar surface area (TPSA) is 88.7 Å². The quantitative estimate of drug-likeness (QED) is 0.353. The molecule has 1 rings (SSSR count). The van der Waals surface area contributed by atoms with Gasteiger partial charge >= 0.3 is 27.7 Å². The van der Waals surface area contributed by atoms with E-state index < -0.39 is 10.1 Å². The van der Waals surface area contributed by atoms with Crippen LogP contribution in [0.4, 0.5) is 0 Å². The van der Waals surface area contributed by atoms with Gasteiger partial charge in [0, 0.05) is 11.3 Å². The molecule has 0 aromatic carbocycles. The van der Waals surface area contributed by atoms with E-state index >= 15 is 0 Å². The van der Waals surface area contributed by atoms with E-state index in [0.29, 0.717) is 0 Å². The summed E-state index contributed by atoms with van der Waals surface area (Å²) in [5.74, 6) is 0. The van der Waals surface area contributed by atoms with Crippen molar-refractivity contribution in [2.45, 2.75) is 0 Å². The van der Waals surface area contributed by atoms with Gasteiger partial charge < -0.3 is 10.0 Å². The van der Waals surface area contributed by atoms with Crippen LogP contribution in [0, 0.1) is 6.42 Å². The number of allylic oxidation sites excluding steroid dienone is 3. The van der Waals surface area contributed by atoms with Crippen molar-refractivity contribution in [3.8, 4) is 0 Å². The summed E-state index contributed by atoms with van der Waals surface area (Å²) in [4.78, 5) is -0.216. The first-order chi connectivity index (χ1) is 4.61. The summed E-state index contributed by atoms with van der Waals surface area (Å²) in [6.45, 7) is 0. The molecule has 0 amide bonds. The summed E-state index contributed by atoms with van der Waals surface area (Å²) < 4.78 is 30.8. The van der Waals surface area contributed by atoms with Gasteiger partial charge in [-0.2, -0.15) is 0 Å². The van der Waals surface area contributed by atoms with E-state index in [9.17, 15) is 13.0 Å². The van der Waals surface area contributed by atoms with E-state index in [4.69, 9.17) is 0 Å². The van der Waals surface area contributed by atoms with Gasteiger partial charge in [-0.15, -0.1) is 5.73 Å². The molecule has 0 saturated carbocycles. The summed E-state index contributed by atoms with van der Waals surface area (Å²) in [5.41, 5.74) is 2.60. The van der Waals surface area contributed by atoms with E-state index in [1.165, 1.54) is 24.6 Å². The van der Waals surface area contributed by atoms with Gasteiger partial charge in [0.2, 0.25) is 0 Å². The summed E-state index contributed by atoms with van der Waals surface area (Å²) in [6.07, 6.45) is 5.18. The van der Waals surface area contributed by atoms with Crippen LogP contribution in [0.5, 0.6) is 0 Å². The Labute approximate surface area is 91.2 Å². The monoisotopic (exact) mass is 376 g/mol. The molecule has 0 atom stereocenters. The number of hydrogen-bond donors (Lipinski definition) is 0. The van der Waals surface area contributed by atoms with Crippen LogP contribution in [0.2, 0.25) is 0 Å². The smallest absolute Gasteiger partial charge is 0.744 e. The van der Waals surface area contributed by atoms with Crippen molar-refractivity contribution < 1.29 is 46.1 Å². The summed E-state index contributed by atoms with van der Waals surface area (Å²) in [7, 11) is -4.27. The third-order valence-corrected chi connectivity index (χ3v) is 1.83. The summed E-state index contributed by atoms with van der Waals surface area (Å²) >= 11 is 0. The Kier molecular flexibility index (Phi) is 6.89. The van der Waals surface area contributed by atoms with E-state index in [-0.39, 0.29) is 38.1 Å². The van der Waals surface area contributed by atoms with Crippen molar-refractivity contribution in [2.24, 2.45) is 0 Å². The van der Waals surface area contributed by atoms with Crippen LogP contribution in [-0.4, -0.2) is 18.4 Å². The molecule has 1 aliphatic carbocycles. The first kappa shape index (κ1) is 14.6. The van der Waals surface area contributed by atoms with E-state index in [1.54, 1.807) is 0 Å². The van der Waals surface area contributed by atoms with Crippen molar-refractivity contribution >= 4 is 10.1 Å². The largest absolute Gasteiger partial charge is 1.00 e. The maximum Gasteiger partial charge on any atom is 1.00 e. The van der Waals surface area contributed by atoms with Crippen LogP contribution in [0.1, 0.15) is 0 Å². The molecule has 0 unspecified atom stereocenters. The zero-order valence-corrected chi connectivity index (χ0v) is 12.5. The molecule has 0 aliphatic heterocycles. The second-order valence-corrected chi connectivity index (χ2v) is 3.07. The number of rotatable bonds is 1. The van der Waals surface area contributed by atoms with Crippen LogP contribution >= 0.6 is 0 Å². The minimum Gasteiger partial charge on any atom is -0.744 e. The van der Waals surface area contributed by atoms with E-state index in [2.05, 4.69) is 5.73 Å². The molecule has 1 aliphatic rings. The molecule has 12 heavy (non-hydrogen) atoms. The van der Waals surface area contributed by atoms with Gasteiger partial charge in [-0.3, -0.25) is 0 Å². The predicted octanol–water partition coefficient (Wildman–Crippen LogP) is -0.483. The molecule has 62 valence electrons. The van der Waals surface area contributed by atoms with Crippen molar-refractivity contribution in [1.82, 2.24) is 0 Å². The molecule has 0 aromatic rings. The minimum absolute atomic E-state index is 0. The van der Waals surface area contributed by atoms with Gasteiger partial charge in [0.1, 0.15) is 10.1 Å². The average Bonchev–Trinajstić information content (AvgIpc) is 1.88. The van der Waals surface area contributed by atoms with Gasteiger partial charge in [-0.1, -0.05) is 0 Å². The van der Waals surface area contributed by atoms with Crippen LogP contribution in [-0.2, 0) is 37.8 Å².